The highest BCUT2D eigenvalue weighted by molar-refractivity contribution is 6.33. The molecule has 2 rings (SSSR count). The van der Waals surface area contributed by atoms with E-state index >= 15 is 0 Å². The van der Waals surface area contributed by atoms with E-state index in [1.807, 2.05) is 6.07 Å². The van der Waals surface area contributed by atoms with Gasteiger partial charge in [-0.25, -0.2) is 4.79 Å². The molecule has 19 heavy (non-hydrogen) atoms. The molecule has 4 heteroatoms. The van der Waals surface area contributed by atoms with Gasteiger partial charge in [0.25, 0.3) is 0 Å². The van der Waals surface area contributed by atoms with Gasteiger partial charge in [0.05, 0.1) is 16.3 Å². The normalized spacial score (nSPS) is 17.7. The second-order valence-corrected chi connectivity index (χ2v) is 5.76. The van der Waals surface area contributed by atoms with E-state index in [0.29, 0.717) is 10.4 Å². The van der Waals surface area contributed by atoms with E-state index in [2.05, 4.69) is 18.7 Å². The molecule has 1 fully saturated rings. The average molecular weight is 282 g/mol. The molecule has 0 aromatic heterocycles. The Morgan fingerprint density at radius 3 is 2.58 bits per heavy atom. The summed E-state index contributed by atoms with van der Waals surface area (Å²) in [4.78, 5) is 13.2. The van der Waals surface area contributed by atoms with Crippen molar-refractivity contribution in [3.8, 4) is 0 Å². The summed E-state index contributed by atoms with van der Waals surface area (Å²) in [5.74, 6) is -0.939. The topological polar surface area (TPSA) is 40.5 Å². The van der Waals surface area contributed by atoms with Gasteiger partial charge in [0, 0.05) is 13.1 Å². The maximum Gasteiger partial charge on any atom is 0.335 e. The van der Waals surface area contributed by atoms with Crippen LogP contribution in [0.5, 0.6) is 0 Å². The third-order valence-electron chi connectivity index (χ3n) is 4.47. The summed E-state index contributed by atoms with van der Waals surface area (Å²) in [6, 6.07) is 4.99. The van der Waals surface area contributed by atoms with Crippen LogP contribution in [0.2, 0.25) is 5.02 Å². The van der Waals surface area contributed by atoms with Crippen molar-refractivity contribution >= 4 is 23.3 Å². The summed E-state index contributed by atoms with van der Waals surface area (Å²) in [7, 11) is 0. The van der Waals surface area contributed by atoms with Crippen molar-refractivity contribution in [2.75, 3.05) is 18.0 Å². The van der Waals surface area contributed by atoms with E-state index in [1.165, 1.54) is 25.3 Å². The zero-order valence-electron chi connectivity index (χ0n) is 11.4. The first-order valence-corrected chi connectivity index (χ1v) is 7.17. The highest BCUT2D eigenvalue weighted by atomic mass is 35.5. The van der Waals surface area contributed by atoms with Crippen molar-refractivity contribution in [1.29, 1.82) is 0 Å². The molecule has 0 bridgehead atoms. The van der Waals surface area contributed by atoms with Gasteiger partial charge in [-0.1, -0.05) is 25.4 Å². The molecule has 104 valence electrons. The van der Waals surface area contributed by atoms with Crippen LogP contribution in [0.3, 0.4) is 0 Å². The molecule has 0 atom stereocenters. The van der Waals surface area contributed by atoms with Gasteiger partial charge in [-0.3, -0.25) is 0 Å². The maximum atomic E-state index is 10.9. The van der Waals surface area contributed by atoms with Crippen molar-refractivity contribution in [3.63, 3.8) is 0 Å². The van der Waals surface area contributed by atoms with Crippen LogP contribution in [0.15, 0.2) is 18.2 Å². The predicted molar refractivity (Wildman–Crippen MR) is 78.3 cm³/mol. The van der Waals surface area contributed by atoms with Crippen molar-refractivity contribution in [2.24, 2.45) is 5.41 Å². The molecule has 0 saturated carbocycles. The van der Waals surface area contributed by atoms with Gasteiger partial charge in [-0.15, -0.1) is 0 Å². The fraction of sp³-hybridized carbons (Fsp3) is 0.533. The van der Waals surface area contributed by atoms with Crippen LogP contribution in [0.25, 0.3) is 0 Å². The number of halogens is 1. The van der Waals surface area contributed by atoms with Crippen molar-refractivity contribution in [2.45, 2.75) is 33.1 Å². The first-order chi connectivity index (χ1) is 9.01. The smallest absolute Gasteiger partial charge is 0.335 e. The Morgan fingerprint density at radius 2 is 2.11 bits per heavy atom. The van der Waals surface area contributed by atoms with Gasteiger partial charge in [0.2, 0.25) is 0 Å². The molecule has 1 N–H and O–H groups in total. The zero-order chi connectivity index (χ0) is 14.0. The lowest BCUT2D eigenvalue weighted by molar-refractivity contribution is 0.0697. The summed E-state index contributed by atoms with van der Waals surface area (Å²) < 4.78 is 0. The Hall–Kier alpha value is -1.22. The lowest BCUT2D eigenvalue weighted by Gasteiger charge is -2.27. The van der Waals surface area contributed by atoms with Gasteiger partial charge in [0.15, 0.2) is 0 Å². The molecule has 1 saturated heterocycles. The molecule has 3 nitrogen and oxygen atoms in total. The number of rotatable bonds is 4. The molecule has 1 aromatic carbocycles. The molecule has 1 aromatic rings. The van der Waals surface area contributed by atoms with Gasteiger partial charge in [-0.05, 0) is 42.9 Å². The van der Waals surface area contributed by atoms with Gasteiger partial charge in [-0.2, -0.15) is 0 Å². The first-order valence-electron chi connectivity index (χ1n) is 6.79. The SMILES string of the molecule is CCC1(CC)CCN(c2ccc(C(=O)O)cc2Cl)C1. The Kier molecular flexibility index (Phi) is 4.04. The monoisotopic (exact) mass is 281 g/mol. The van der Waals surface area contributed by atoms with E-state index < -0.39 is 5.97 Å². The summed E-state index contributed by atoms with van der Waals surface area (Å²) in [6.07, 6.45) is 3.52. The van der Waals surface area contributed by atoms with Crippen molar-refractivity contribution < 1.29 is 9.90 Å². The van der Waals surface area contributed by atoms with Crippen LogP contribution in [-0.4, -0.2) is 24.2 Å². The standard InChI is InChI=1S/C15H20ClNO2/c1-3-15(4-2)7-8-17(10-15)13-6-5-11(14(18)19)9-12(13)16/h5-6,9H,3-4,7-8,10H2,1-2H3,(H,18,19). The Bertz CT molecular complexity index is 483. The van der Waals surface area contributed by atoms with E-state index in [9.17, 15) is 4.79 Å². The highest BCUT2D eigenvalue weighted by Gasteiger charge is 2.35. The van der Waals surface area contributed by atoms with Crippen molar-refractivity contribution in [1.82, 2.24) is 0 Å². The second-order valence-electron chi connectivity index (χ2n) is 5.35. The minimum atomic E-state index is -0.939. The van der Waals surface area contributed by atoms with E-state index in [-0.39, 0.29) is 5.56 Å². The molecule has 0 aliphatic carbocycles. The number of anilines is 1. The second kappa shape index (κ2) is 5.41. The number of benzene rings is 1. The molecule has 1 aliphatic heterocycles. The van der Waals surface area contributed by atoms with Gasteiger partial charge >= 0.3 is 5.97 Å². The average Bonchev–Trinajstić information content (AvgIpc) is 2.83. The number of carboxylic acids is 1. The quantitative estimate of drug-likeness (QED) is 0.905. The lowest BCUT2D eigenvalue weighted by Crippen LogP contribution is -2.26. The molecule has 1 heterocycles. The van der Waals surface area contributed by atoms with Crippen LogP contribution < -0.4 is 4.90 Å². The van der Waals surface area contributed by atoms with Gasteiger partial charge < -0.3 is 10.0 Å². The van der Waals surface area contributed by atoms with Gasteiger partial charge in [0.1, 0.15) is 0 Å². The van der Waals surface area contributed by atoms with Crippen LogP contribution in [-0.2, 0) is 0 Å². The third kappa shape index (κ3) is 2.71. The number of hydrogen-bond donors (Lipinski definition) is 1. The van der Waals surface area contributed by atoms with Crippen LogP contribution in [0, 0.1) is 5.41 Å². The number of nitrogens with zero attached hydrogens (tertiary/aromatic N) is 1. The first kappa shape index (κ1) is 14.2. The summed E-state index contributed by atoms with van der Waals surface area (Å²) >= 11 is 6.23. The molecular formula is C15H20ClNO2. The summed E-state index contributed by atoms with van der Waals surface area (Å²) in [5.41, 5.74) is 1.58. The minimum Gasteiger partial charge on any atom is -0.478 e. The maximum absolute atomic E-state index is 10.9. The molecule has 0 radical (unpaired) electrons. The molecule has 1 aliphatic rings. The van der Waals surface area contributed by atoms with Crippen LogP contribution in [0.1, 0.15) is 43.5 Å². The fourth-order valence-electron chi connectivity index (χ4n) is 2.86. The predicted octanol–water partition coefficient (Wildman–Crippen LogP) is 4.05. The minimum absolute atomic E-state index is 0.241. The van der Waals surface area contributed by atoms with Crippen molar-refractivity contribution in [3.05, 3.63) is 28.8 Å². The number of carboxylic acid groups (broad SMARTS) is 1. The zero-order valence-corrected chi connectivity index (χ0v) is 12.2. The number of carbonyl (C=O) groups is 1. The fourth-order valence-corrected chi connectivity index (χ4v) is 3.16. The van der Waals surface area contributed by atoms with Crippen LogP contribution >= 0.6 is 11.6 Å². The lowest BCUT2D eigenvalue weighted by atomic mass is 9.82. The molecular weight excluding hydrogens is 262 g/mol. The van der Waals surface area contributed by atoms with E-state index in [0.717, 1.165) is 18.8 Å². The number of hydrogen-bond acceptors (Lipinski definition) is 2. The largest absolute Gasteiger partial charge is 0.478 e. The van der Waals surface area contributed by atoms with E-state index in [4.69, 9.17) is 16.7 Å². The van der Waals surface area contributed by atoms with Crippen LogP contribution in [0.4, 0.5) is 5.69 Å². The Balaban J connectivity index is 2.22. The highest BCUT2D eigenvalue weighted by Crippen LogP contribution is 2.40. The molecule has 0 spiro atoms. The molecule has 0 amide bonds. The Morgan fingerprint density at radius 1 is 1.42 bits per heavy atom. The number of aromatic carboxylic acids is 1. The van der Waals surface area contributed by atoms with E-state index in [1.54, 1.807) is 6.07 Å². The Labute approximate surface area is 119 Å². The molecule has 0 unspecified atom stereocenters. The summed E-state index contributed by atoms with van der Waals surface area (Å²) in [5, 5.41) is 9.48. The summed E-state index contributed by atoms with van der Waals surface area (Å²) in [6.45, 7) is 6.48. The third-order valence-corrected chi connectivity index (χ3v) is 4.78.